The maximum atomic E-state index is 4.45. The summed E-state index contributed by atoms with van der Waals surface area (Å²) in [7, 11) is 0. The van der Waals surface area contributed by atoms with Crippen LogP contribution >= 0.6 is 0 Å². The van der Waals surface area contributed by atoms with Crippen molar-refractivity contribution in [3.8, 4) is 0 Å². The second kappa shape index (κ2) is 8.75. The largest absolute Gasteiger partial charge is 0.372 e. The molecule has 3 rings (SSSR count). The molecule has 1 aromatic carbocycles. The smallest absolute Gasteiger partial charge is 0.249 e. The highest BCUT2D eigenvalue weighted by molar-refractivity contribution is 5.59. The summed E-state index contributed by atoms with van der Waals surface area (Å²) in [5.74, 6) is 1.11. The first-order chi connectivity index (χ1) is 12.8. The highest BCUT2D eigenvalue weighted by Gasteiger charge is 2.04. The monoisotopic (exact) mass is 349 g/mol. The molecule has 0 amide bonds. The molecule has 0 saturated heterocycles. The van der Waals surface area contributed by atoms with Crippen LogP contribution in [0.4, 0.5) is 23.1 Å². The van der Waals surface area contributed by atoms with Crippen molar-refractivity contribution in [1.29, 1.82) is 0 Å². The van der Waals surface area contributed by atoms with Crippen molar-refractivity contribution in [3.63, 3.8) is 0 Å². The summed E-state index contributed by atoms with van der Waals surface area (Å²) in [4.78, 5) is 10.8. The van der Waals surface area contributed by atoms with E-state index in [9.17, 15) is 0 Å². The van der Waals surface area contributed by atoms with Crippen LogP contribution in [0.5, 0.6) is 0 Å². The third-order valence-electron chi connectivity index (χ3n) is 4.01. The predicted molar refractivity (Wildman–Crippen MR) is 105 cm³/mol. The second-order valence-electron chi connectivity index (χ2n) is 5.72. The first kappa shape index (κ1) is 17.6. The van der Waals surface area contributed by atoms with Gasteiger partial charge in [-0.05, 0) is 49.7 Å². The Bertz CT molecular complexity index is 802. The molecule has 7 heteroatoms. The molecule has 0 fully saturated rings. The van der Waals surface area contributed by atoms with Crippen molar-refractivity contribution in [2.45, 2.75) is 20.4 Å². The van der Waals surface area contributed by atoms with Crippen LogP contribution in [0, 0.1) is 0 Å². The molecule has 26 heavy (non-hydrogen) atoms. The Morgan fingerprint density at radius 2 is 1.81 bits per heavy atom. The van der Waals surface area contributed by atoms with Gasteiger partial charge in [-0.2, -0.15) is 10.1 Å². The van der Waals surface area contributed by atoms with Gasteiger partial charge in [-0.1, -0.05) is 6.07 Å². The minimum Gasteiger partial charge on any atom is -0.372 e. The predicted octanol–water partition coefficient (Wildman–Crippen LogP) is 3.47. The van der Waals surface area contributed by atoms with Crippen LogP contribution in [0.15, 0.2) is 55.0 Å². The molecule has 0 spiro atoms. The van der Waals surface area contributed by atoms with E-state index in [1.807, 2.05) is 30.5 Å². The Balaban J connectivity index is 1.63. The van der Waals surface area contributed by atoms with Gasteiger partial charge < -0.3 is 15.5 Å². The van der Waals surface area contributed by atoms with Gasteiger partial charge in [0, 0.05) is 43.4 Å². The molecule has 0 radical (unpaired) electrons. The van der Waals surface area contributed by atoms with Crippen LogP contribution in [0.1, 0.15) is 19.4 Å². The number of anilines is 4. The molecule has 2 aromatic heterocycles. The fourth-order valence-electron chi connectivity index (χ4n) is 2.61. The number of hydrogen-bond donors (Lipinski definition) is 2. The fourth-order valence-corrected chi connectivity index (χ4v) is 2.61. The molecule has 0 aliphatic heterocycles. The number of benzene rings is 1. The molecule has 0 aliphatic rings. The Kier molecular flexibility index (Phi) is 5.92. The minimum absolute atomic E-state index is 0.455. The number of hydrogen-bond acceptors (Lipinski definition) is 7. The number of rotatable bonds is 8. The summed E-state index contributed by atoms with van der Waals surface area (Å²) >= 11 is 0. The number of nitrogens with one attached hydrogen (secondary N) is 2. The lowest BCUT2D eigenvalue weighted by molar-refractivity contribution is 0.866. The molecule has 0 unspecified atom stereocenters. The standard InChI is InChI=1S/C19H23N7/c1-3-26(4-2)17-9-7-16(8-10-17)23-19-24-18(14-22-25-19)21-13-15-6-5-11-20-12-15/h5-12,14H,3-4,13H2,1-2H3,(H2,21,23,24,25). The van der Waals surface area contributed by atoms with Gasteiger partial charge in [-0.3, -0.25) is 4.98 Å². The molecular formula is C19H23N7. The molecule has 3 aromatic rings. The average Bonchev–Trinajstić information content (AvgIpc) is 2.70. The zero-order valence-electron chi connectivity index (χ0n) is 15.1. The second-order valence-corrected chi connectivity index (χ2v) is 5.72. The van der Waals surface area contributed by atoms with Gasteiger partial charge in [0.15, 0.2) is 5.82 Å². The van der Waals surface area contributed by atoms with E-state index in [0.29, 0.717) is 18.3 Å². The number of pyridine rings is 1. The molecule has 2 heterocycles. The molecule has 0 saturated carbocycles. The Morgan fingerprint density at radius 1 is 1.00 bits per heavy atom. The minimum atomic E-state index is 0.455. The van der Waals surface area contributed by atoms with Crippen LogP contribution in [0.3, 0.4) is 0 Å². The molecular weight excluding hydrogens is 326 g/mol. The van der Waals surface area contributed by atoms with Crippen molar-refractivity contribution >= 4 is 23.1 Å². The molecule has 0 atom stereocenters. The Hall–Kier alpha value is -3.22. The van der Waals surface area contributed by atoms with Crippen molar-refractivity contribution in [2.75, 3.05) is 28.6 Å². The maximum absolute atomic E-state index is 4.45. The third kappa shape index (κ3) is 4.66. The van der Waals surface area contributed by atoms with Gasteiger partial charge in [0.1, 0.15) is 0 Å². The Morgan fingerprint density at radius 3 is 2.50 bits per heavy atom. The highest BCUT2D eigenvalue weighted by Crippen LogP contribution is 2.19. The third-order valence-corrected chi connectivity index (χ3v) is 4.01. The lowest BCUT2D eigenvalue weighted by Gasteiger charge is -2.21. The van der Waals surface area contributed by atoms with Crippen molar-refractivity contribution in [2.24, 2.45) is 0 Å². The summed E-state index contributed by atoms with van der Waals surface area (Å²) in [5.41, 5.74) is 3.20. The van der Waals surface area contributed by atoms with Gasteiger partial charge in [-0.15, -0.1) is 5.10 Å². The van der Waals surface area contributed by atoms with E-state index in [1.54, 1.807) is 12.4 Å². The molecule has 7 nitrogen and oxygen atoms in total. The molecule has 0 aliphatic carbocycles. The lowest BCUT2D eigenvalue weighted by Crippen LogP contribution is -2.21. The van der Waals surface area contributed by atoms with E-state index in [4.69, 9.17) is 0 Å². The maximum Gasteiger partial charge on any atom is 0.249 e. The van der Waals surface area contributed by atoms with E-state index < -0.39 is 0 Å². The quantitative estimate of drug-likeness (QED) is 0.644. The van der Waals surface area contributed by atoms with Crippen LogP contribution in [-0.2, 0) is 6.54 Å². The Labute approximate surface area is 153 Å². The van der Waals surface area contributed by atoms with Crippen LogP contribution < -0.4 is 15.5 Å². The van der Waals surface area contributed by atoms with Gasteiger partial charge in [0.2, 0.25) is 5.95 Å². The van der Waals surface area contributed by atoms with Gasteiger partial charge in [0.25, 0.3) is 0 Å². The molecule has 0 bridgehead atoms. The van der Waals surface area contributed by atoms with Crippen molar-refractivity contribution in [1.82, 2.24) is 20.2 Å². The van der Waals surface area contributed by atoms with E-state index >= 15 is 0 Å². The number of aromatic nitrogens is 4. The van der Waals surface area contributed by atoms with Gasteiger partial charge in [-0.25, -0.2) is 0 Å². The average molecular weight is 349 g/mol. The summed E-state index contributed by atoms with van der Waals surface area (Å²) in [6.07, 6.45) is 5.17. The zero-order valence-corrected chi connectivity index (χ0v) is 15.1. The summed E-state index contributed by atoms with van der Waals surface area (Å²) < 4.78 is 0. The van der Waals surface area contributed by atoms with E-state index in [1.165, 1.54) is 5.69 Å². The van der Waals surface area contributed by atoms with Crippen molar-refractivity contribution in [3.05, 3.63) is 60.6 Å². The highest BCUT2D eigenvalue weighted by atomic mass is 15.3. The van der Waals surface area contributed by atoms with E-state index in [2.05, 4.69) is 61.7 Å². The van der Waals surface area contributed by atoms with Gasteiger partial charge >= 0.3 is 0 Å². The topological polar surface area (TPSA) is 78.9 Å². The first-order valence-corrected chi connectivity index (χ1v) is 8.73. The summed E-state index contributed by atoms with van der Waals surface area (Å²) in [6.45, 7) is 6.91. The fraction of sp³-hybridized carbons (Fsp3) is 0.263. The summed E-state index contributed by atoms with van der Waals surface area (Å²) in [6, 6.07) is 12.1. The normalized spacial score (nSPS) is 10.4. The number of nitrogens with zero attached hydrogens (tertiary/aromatic N) is 5. The molecule has 134 valence electrons. The van der Waals surface area contributed by atoms with E-state index in [-0.39, 0.29) is 0 Å². The zero-order chi connectivity index (χ0) is 18.2. The SMILES string of the molecule is CCN(CC)c1ccc(Nc2nncc(NCc3cccnc3)n2)cc1. The summed E-state index contributed by atoms with van der Waals surface area (Å²) in [5, 5.41) is 14.5. The van der Waals surface area contributed by atoms with Crippen molar-refractivity contribution < 1.29 is 0 Å². The van der Waals surface area contributed by atoms with Gasteiger partial charge in [0.05, 0.1) is 6.20 Å². The first-order valence-electron chi connectivity index (χ1n) is 8.73. The van der Waals surface area contributed by atoms with Crippen LogP contribution in [0.25, 0.3) is 0 Å². The van der Waals surface area contributed by atoms with E-state index in [0.717, 1.165) is 24.3 Å². The van der Waals surface area contributed by atoms with Crippen LogP contribution in [-0.4, -0.2) is 33.3 Å². The lowest BCUT2D eigenvalue weighted by atomic mass is 10.2. The van der Waals surface area contributed by atoms with Crippen LogP contribution in [0.2, 0.25) is 0 Å². The molecule has 2 N–H and O–H groups in total.